The van der Waals surface area contributed by atoms with E-state index in [-0.39, 0.29) is 78.7 Å². The number of nitrogens with two attached hydrogens (primary N) is 4. The molecule has 2 heterocycles. The number of isocyanates is 1. The van der Waals surface area contributed by atoms with Gasteiger partial charge in [0, 0.05) is 91.3 Å². The number of nitrogens with one attached hydrogen (secondary N) is 2. The molecule has 678 valence electrons. The molecule has 0 saturated heterocycles. The van der Waals surface area contributed by atoms with Crippen LogP contribution in [0.15, 0.2) is 63.5 Å². The van der Waals surface area contributed by atoms with Crippen LogP contribution in [0, 0.1) is 33.0 Å². The Balaban J connectivity index is -0.0000000877. The number of rotatable bonds is 7. The summed E-state index contributed by atoms with van der Waals surface area (Å²) in [5, 5.41) is 4.39. The summed E-state index contributed by atoms with van der Waals surface area (Å²) < 4.78 is 41.4. The Hall–Kier alpha value is -4.25. The Morgan fingerprint density at radius 1 is 0.658 bits per heavy atom. The highest BCUT2D eigenvalue weighted by molar-refractivity contribution is 8.77. The summed E-state index contributed by atoms with van der Waals surface area (Å²) in [6.45, 7) is 95.1. The number of nitrogens with zero attached hydrogens (tertiary/aromatic N) is 4. The molecule has 1 aliphatic rings. The van der Waals surface area contributed by atoms with Crippen molar-refractivity contribution in [2.75, 3.05) is 0 Å². The van der Waals surface area contributed by atoms with Crippen molar-refractivity contribution in [3.63, 3.8) is 0 Å². The lowest BCUT2D eigenvalue weighted by Crippen LogP contribution is -2.45. The summed E-state index contributed by atoms with van der Waals surface area (Å²) in [7, 11) is 2.12. The lowest BCUT2D eigenvalue weighted by atomic mass is 9.89. The number of Topliss-reactive ketones (excluding diaryl/α,β-unsaturated/α-hetero) is 3. The number of aliphatic imine (C=N–C) groups is 2. The number of sulfone groups is 1. The largest absolute Gasteiger partial charge is 0.326 e. The molecule has 1 aliphatic heterocycles. The van der Waals surface area contributed by atoms with E-state index in [2.05, 4.69) is 124 Å². The van der Waals surface area contributed by atoms with Gasteiger partial charge >= 0.3 is 0 Å². The van der Waals surface area contributed by atoms with Crippen molar-refractivity contribution in [2.45, 2.75) is 411 Å². The lowest BCUT2D eigenvalue weighted by molar-refractivity contribution is -0.142. The zero-order valence-electron chi connectivity index (χ0n) is 81.1. The van der Waals surface area contributed by atoms with Crippen LogP contribution in [0.1, 0.15) is 358 Å². The fraction of sp³-hybridized carbons (Fsp3) is 0.788. The number of hydrogen-bond donors (Lipinski definition) is 6. The lowest BCUT2D eigenvalue weighted by Gasteiger charge is -2.29. The first kappa shape index (κ1) is 139. The van der Waals surface area contributed by atoms with Crippen molar-refractivity contribution < 1.29 is 60.0 Å². The van der Waals surface area contributed by atoms with Crippen molar-refractivity contribution in [2.24, 2.45) is 66.3 Å². The summed E-state index contributed by atoms with van der Waals surface area (Å²) in [4.78, 5) is 101. The highest BCUT2D eigenvalue weighted by atomic mass is 35.7. The number of ketones is 3. The van der Waals surface area contributed by atoms with Crippen LogP contribution in [0.5, 0.6) is 0 Å². The molecule has 0 radical (unpaired) electrons. The van der Waals surface area contributed by atoms with Crippen LogP contribution in [0.4, 0.5) is 0 Å². The van der Waals surface area contributed by atoms with Crippen molar-refractivity contribution in [1.29, 1.82) is 0 Å². The van der Waals surface area contributed by atoms with E-state index in [1.807, 2.05) is 222 Å². The fourth-order valence-corrected chi connectivity index (χ4v) is 6.31. The van der Waals surface area contributed by atoms with Crippen LogP contribution in [0.3, 0.4) is 0 Å². The number of amides is 3. The van der Waals surface area contributed by atoms with Gasteiger partial charge in [0.1, 0.15) is 28.7 Å². The number of thiocarbonyl (C=S) groups is 1. The van der Waals surface area contributed by atoms with Crippen molar-refractivity contribution in [3.05, 3.63) is 48.5 Å². The van der Waals surface area contributed by atoms with Gasteiger partial charge in [0.15, 0.2) is 9.84 Å². The van der Waals surface area contributed by atoms with Crippen LogP contribution < -0.4 is 34.2 Å². The normalized spacial score (nSPS) is 12.2. The number of carbonyl (C=O) groups is 7. The van der Waals surface area contributed by atoms with Gasteiger partial charge in [-0.15, -0.1) is 0 Å². The predicted molar refractivity (Wildman–Crippen MR) is 497 cm³/mol. The molecule has 0 saturated carbocycles. The number of carbonyl (C=O) groups excluding carboxylic acids is 8. The summed E-state index contributed by atoms with van der Waals surface area (Å²) in [6, 6.07) is 5.98. The van der Waals surface area contributed by atoms with E-state index >= 15 is 0 Å². The minimum absolute atomic E-state index is 0. The number of hydrazine groups is 2. The molecule has 0 spiro atoms. The fourth-order valence-electron chi connectivity index (χ4n) is 3.66. The minimum Gasteiger partial charge on any atom is -0.326 e. The standard InChI is InChI=1S/C9H13NS2.C8H11NO2.C8H16O.C6H12O2S.2C6H12O.C6H14.C5H12N2O.C5H9NO.C5H9NS.C5H10O.C4H9ClO2S.C4H12N2.C4H11NO.C4H11N/c1-9(2,3)12-11-8-6-4-5-7-10-8;1-8(2,3)9-6(10)4-5-7(9)11;1-5-7(9)6-8(2,3)4;1-5-9(7,8)6(2,3)4;1-5(7)6(2,3)4;1-5(2)4-6(3)7;1-5-6(2,3)4;1-5(2,3)4(8)7-6;2*1-5(2,3)6-4-7;1-5(2,3)4-6;1-4(2,3)8(5,6)7;2*1-4(2,3)6-5;1-4(2,3)5/h4-7H,1-3H3;4-5H,1-3H3;5-6H2,1-4H3;5H,1H2,2-4H3;1-4H3;5H,4H2,1-3H3;5H2,1-4H3;6H2,1-3H3,(H,7,8);2*1-3H3;4H,1-3H3;1-3H3;6H,5H2,1-3H3;5H2,1-3H3;5H2,1-3H3. The topological polar surface area (TPSA) is 383 Å². The van der Waals surface area contributed by atoms with Gasteiger partial charge in [0.05, 0.1) is 31.3 Å². The number of isothiocyanates is 1. The first-order chi connectivity index (χ1) is 49.4. The molecule has 0 fully saturated rings. The smallest absolute Gasteiger partial charge is 0.254 e. The number of hydrogen-bond acceptors (Lipinski definition) is 24. The van der Waals surface area contributed by atoms with E-state index in [1.165, 1.54) is 29.6 Å². The predicted octanol–water partition coefficient (Wildman–Crippen LogP) is 21.0. The molecule has 3 amide bonds. The van der Waals surface area contributed by atoms with Gasteiger partial charge in [-0.05, 0) is 232 Å². The summed E-state index contributed by atoms with van der Waals surface area (Å²) >= 11 is 4.38. The number of imide groups is 1. The van der Waals surface area contributed by atoms with Crippen LogP contribution in [-0.4, -0.2) is 127 Å². The van der Waals surface area contributed by atoms with Crippen LogP contribution in [-0.2, 0) is 62.1 Å². The molecule has 0 unspecified atom stereocenters. The van der Waals surface area contributed by atoms with Crippen LogP contribution in [0.25, 0.3) is 0 Å². The number of aromatic nitrogens is 1. The third-order valence-electron chi connectivity index (χ3n) is 10.9. The van der Waals surface area contributed by atoms with E-state index in [1.54, 1.807) is 87.0 Å². The highest BCUT2D eigenvalue weighted by Crippen LogP contribution is 2.39. The molecule has 23 nitrogen and oxygen atoms in total. The average Bonchev–Trinajstić information content (AvgIpc) is 1.67. The van der Waals surface area contributed by atoms with Gasteiger partial charge in [-0.25, -0.2) is 48.3 Å². The maximum Gasteiger partial charge on any atom is 0.254 e. The van der Waals surface area contributed by atoms with E-state index in [4.69, 9.17) is 34.0 Å². The zero-order valence-corrected chi connectivity index (χ0v) is 85.9. The zero-order chi connectivity index (χ0) is 95.8. The second-order valence-electron chi connectivity index (χ2n) is 40.9. The number of halogens is 1. The van der Waals surface area contributed by atoms with E-state index in [9.17, 15) is 55.2 Å². The number of aldehydes is 1. The number of pyridine rings is 1. The third kappa shape index (κ3) is 137. The maximum absolute atomic E-state index is 11.0. The molecule has 1 aromatic rings. The maximum atomic E-state index is 11.0. The molecule has 2 rings (SSSR count). The van der Waals surface area contributed by atoms with Gasteiger partial charge < -0.3 is 15.3 Å². The first-order valence-electron chi connectivity index (χ1n) is 37.9. The Morgan fingerprint density at radius 3 is 1.06 bits per heavy atom. The van der Waals surface area contributed by atoms with E-state index in [0.29, 0.717) is 34.7 Å². The van der Waals surface area contributed by atoms with Gasteiger partial charge in [-0.3, -0.25) is 50.4 Å². The molecule has 1 aromatic heterocycles. The first-order valence-corrected chi connectivity index (χ1v) is 44.3. The second kappa shape index (κ2) is 63.7. The summed E-state index contributed by atoms with van der Waals surface area (Å²) in [5.41, 5.74) is 9.29. The quantitative estimate of drug-likeness (QED) is 0.0141. The Kier molecular flexibility index (Phi) is 77.5. The minimum atomic E-state index is -3.37. The van der Waals surface area contributed by atoms with E-state index < -0.39 is 33.9 Å². The Bertz CT molecular complexity index is 3030. The Morgan fingerprint density at radius 2 is 0.982 bits per heavy atom. The average molecular weight is 1740 g/mol. The van der Waals surface area contributed by atoms with E-state index in [0.717, 1.165) is 23.1 Å². The molecule has 0 atom stereocenters. The third-order valence-corrected chi connectivity index (χ3v) is 19.3. The molecule has 114 heavy (non-hydrogen) atoms. The van der Waals surface area contributed by atoms with Crippen molar-refractivity contribution in [1.82, 2.24) is 20.7 Å². The molecular formula is C85H173ClN10O13S5. The van der Waals surface area contributed by atoms with Crippen molar-refractivity contribution >= 4 is 116 Å². The molecule has 0 aliphatic carbocycles. The Labute approximate surface area is 717 Å². The molecule has 0 bridgehead atoms. The van der Waals surface area contributed by atoms with Crippen molar-refractivity contribution in [3.8, 4) is 0 Å². The summed E-state index contributed by atoms with van der Waals surface area (Å²) in [5.74, 6) is 15.6. The molecular weight excluding hydrogens is 1560 g/mol. The van der Waals surface area contributed by atoms with Gasteiger partial charge in [-0.1, -0.05) is 182 Å². The molecule has 29 heteroatoms. The molecule has 0 aromatic carbocycles. The van der Waals surface area contributed by atoms with Gasteiger partial charge in [0.25, 0.3) is 11.8 Å². The SMILES string of the molecule is C=CS(=O)(=O)C(C)(C)C.CC(=O)C(C)(C)C.CC(=O)CC(C)C.CC(C)(C)C(=O)NN.CC(C)(C)C=O.CC(C)(C)N.CC(C)(C)N1C(=O)C=CC1=O.CC(C)(C)N=C=O.CC(C)(C)N=C=S.CC(C)(C)NN.CC(C)(C)ON.CC(C)(C)S(=O)(=O)Cl.CC(C)(C)SSc1ccccn1.CCC(=O)CC(C)(C)C.CCC(C)(C)C. The monoisotopic (exact) mass is 1740 g/mol. The van der Waals surface area contributed by atoms with Crippen LogP contribution >= 0.6 is 44.5 Å². The second-order valence-corrected chi connectivity index (χ2v) is 50.1. The highest BCUT2D eigenvalue weighted by Gasteiger charge is 2.33. The summed E-state index contributed by atoms with van der Waals surface area (Å²) in [6.07, 6.45) is 10.2. The molecule has 10 N–H and O–H groups in total. The van der Waals surface area contributed by atoms with Crippen LogP contribution in [0.2, 0.25) is 0 Å². The van der Waals surface area contributed by atoms with Gasteiger partial charge in [-0.2, -0.15) is 0 Å². The van der Waals surface area contributed by atoms with Gasteiger partial charge in [0.2, 0.25) is 21.0 Å².